The van der Waals surface area contributed by atoms with Gasteiger partial charge in [0.2, 0.25) is 10.0 Å². The highest BCUT2D eigenvalue weighted by molar-refractivity contribution is 7.89. The summed E-state index contributed by atoms with van der Waals surface area (Å²) in [5, 5.41) is 3.30. The van der Waals surface area contributed by atoms with Crippen LogP contribution in [0.2, 0.25) is 0 Å². The number of hydrogen-bond donors (Lipinski definition) is 2. The van der Waals surface area contributed by atoms with Gasteiger partial charge in [0.1, 0.15) is 5.75 Å². The van der Waals surface area contributed by atoms with Crippen molar-refractivity contribution in [3.05, 3.63) is 24.3 Å². The normalized spacial score (nSPS) is 15.7. The molecule has 0 aromatic heterocycles. The monoisotopic (exact) mass is 397 g/mol. The van der Waals surface area contributed by atoms with Crippen molar-refractivity contribution in [2.75, 3.05) is 63.6 Å². The molecular weight excluding hydrogens is 366 g/mol. The first-order chi connectivity index (χ1) is 13.0. The van der Waals surface area contributed by atoms with Crippen molar-refractivity contribution in [2.24, 2.45) is 4.99 Å². The number of nitrogens with one attached hydrogen (secondary N) is 2. The minimum absolute atomic E-state index is 0.0850. The number of anilines is 1. The molecule has 0 bridgehead atoms. The summed E-state index contributed by atoms with van der Waals surface area (Å²) in [4.78, 5) is 9.09. The second-order valence-electron chi connectivity index (χ2n) is 6.18. The van der Waals surface area contributed by atoms with Crippen LogP contribution in [-0.2, 0) is 10.0 Å². The van der Waals surface area contributed by atoms with Crippen LogP contribution in [0.25, 0.3) is 0 Å². The minimum atomic E-state index is -3.17. The fraction of sp³-hybridized carbons (Fsp3) is 0.611. The van der Waals surface area contributed by atoms with Crippen LogP contribution in [0.3, 0.4) is 0 Å². The van der Waals surface area contributed by atoms with Crippen molar-refractivity contribution in [3.8, 4) is 5.75 Å². The number of benzene rings is 1. The van der Waals surface area contributed by atoms with Crippen LogP contribution >= 0.6 is 0 Å². The molecular formula is C18H31N5O3S. The molecule has 0 radical (unpaired) electrons. The van der Waals surface area contributed by atoms with Crippen molar-refractivity contribution >= 4 is 21.7 Å². The SMILES string of the molecule is CCNC(=NCCNS(=O)(=O)CC)N1CCN(c2ccccc2OC)CC1. The molecule has 2 rings (SSSR count). The van der Waals surface area contributed by atoms with Crippen molar-refractivity contribution in [1.29, 1.82) is 0 Å². The molecule has 1 aromatic rings. The van der Waals surface area contributed by atoms with E-state index in [1.165, 1.54) is 0 Å². The fourth-order valence-corrected chi connectivity index (χ4v) is 3.55. The first kappa shape index (κ1) is 21.3. The average Bonchev–Trinajstić information content (AvgIpc) is 2.70. The van der Waals surface area contributed by atoms with Crippen molar-refractivity contribution in [3.63, 3.8) is 0 Å². The van der Waals surface area contributed by atoms with Crippen LogP contribution in [0.15, 0.2) is 29.3 Å². The van der Waals surface area contributed by atoms with Crippen LogP contribution < -0.4 is 19.7 Å². The highest BCUT2D eigenvalue weighted by atomic mass is 32.2. The van der Waals surface area contributed by atoms with E-state index < -0.39 is 10.0 Å². The number of nitrogens with zero attached hydrogens (tertiary/aromatic N) is 3. The van der Waals surface area contributed by atoms with Gasteiger partial charge in [0.05, 0.1) is 25.1 Å². The largest absolute Gasteiger partial charge is 0.495 e. The Labute approximate surface area is 162 Å². The third-order valence-electron chi connectivity index (χ3n) is 4.42. The molecule has 0 spiro atoms. The zero-order chi connectivity index (χ0) is 19.7. The zero-order valence-electron chi connectivity index (χ0n) is 16.4. The lowest BCUT2D eigenvalue weighted by Gasteiger charge is -2.38. The van der Waals surface area contributed by atoms with Crippen LogP contribution in [-0.4, -0.2) is 78.0 Å². The van der Waals surface area contributed by atoms with Gasteiger partial charge in [0.25, 0.3) is 0 Å². The molecule has 27 heavy (non-hydrogen) atoms. The molecule has 9 heteroatoms. The molecule has 0 atom stereocenters. The van der Waals surface area contributed by atoms with Gasteiger partial charge in [0.15, 0.2) is 5.96 Å². The molecule has 0 aliphatic carbocycles. The predicted molar refractivity (Wildman–Crippen MR) is 110 cm³/mol. The van der Waals surface area contributed by atoms with Crippen LogP contribution in [0.4, 0.5) is 5.69 Å². The quantitative estimate of drug-likeness (QED) is 0.382. The summed E-state index contributed by atoms with van der Waals surface area (Å²) in [6.07, 6.45) is 0. The van der Waals surface area contributed by atoms with Crippen molar-refractivity contribution in [2.45, 2.75) is 13.8 Å². The Morgan fingerprint density at radius 1 is 1.19 bits per heavy atom. The lowest BCUT2D eigenvalue weighted by Crippen LogP contribution is -2.52. The molecule has 0 amide bonds. The molecule has 1 aliphatic heterocycles. The fourth-order valence-electron chi connectivity index (χ4n) is 2.94. The van der Waals surface area contributed by atoms with E-state index in [-0.39, 0.29) is 5.75 Å². The maximum Gasteiger partial charge on any atom is 0.211 e. The van der Waals surface area contributed by atoms with Crippen LogP contribution in [0.5, 0.6) is 5.75 Å². The van der Waals surface area contributed by atoms with Crippen LogP contribution in [0.1, 0.15) is 13.8 Å². The van der Waals surface area contributed by atoms with Gasteiger partial charge in [-0.05, 0) is 26.0 Å². The lowest BCUT2D eigenvalue weighted by molar-refractivity contribution is 0.367. The van der Waals surface area contributed by atoms with Gasteiger partial charge in [-0.2, -0.15) is 0 Å². The highest BCUT2D eigenvalue weighted by Gasteiger charge is 2.21. The number of ether oxygens (including phenoxy) is 1. The van der Waals surface area contributed by atoms with E-state index in [2.05, 4.69) is 30.9 Å². The van der Waals surface area contributed by atoms with Gasteiger partial charge in [-0.3, -0.25) is 4.99 Å². The molecule has 1 aromatic carbocycles. The summed E-state index contributed by atoms with van der Waals surface area (Å²) in [5.74, 6) is 1.80. The Morgan fingerprint density at radius 3 is 2.52 bits per heavy atom. The molecule has 1 fully saturated rings. The first-order valence-corrected chi connectivity index (χ1v) is 11.0. The summed E-state index contributed by atoms with van der Waals surface area (Å²) in [5.41, 5.74) is 1.11. The van der Waals surface area contributed by atoms with E-state index in [1.807, 2.05) is 25.1 Å². The molecule has 8 nitrogen and oxygen atoms in total. The summed E-state index contributed by atoms with van der Waals surface area (Å²) in [7, 11) is -1.48. The Hall–Kier alpha value is -2.00. The smallest absolute Gasteiger partial charge is 0.211 e. The standard InChI is InChI=1S/C18H31N5O3S/c1-4-19-18(20-10-11-21-27(24,25)5-2)23-14-12-22(13-15-23)16-8-6-7-9-17(16)26-3/h6-9,21H,4-5,10-15H2,1-3H3,(H,19,20). The Kier molecular flexibility index (Phi) is 8.18. The first-order valence-electron chi connectivity index (χ1n) is 9.39. The van der Waals surface area contributed by atoms with Gasteiger partial charge >= 0.3 is 0 Å². The average molecular weight is 398 g/mol. The molecule has 1 saturated heterocycles. The van der Waals surface area contributed by atoms with Crippen LogP contribution in [0, 0.1) is 0 Å². The maximum absolute atomic E-state index is 11.5. The number of guanidine groups is 1. The Balaban J connectivity index is 1.93. The van der Waals surface area contributed by atoms with E-state index in [1.54, 1.807) is 14.0 Å². The van der Waals surface area contributed by atoms with E-state index in [9.17, 15) is 8.42 Å². The third-order valence-corrected chi connectivity index (χ3v) is 5.82. The van der Waals surface area contributed by atoms with E-state index >= 15 is 0 Å². The molecule has 0 unspecified atom stereocenters. The molecule has 152 valence electrons. The van der Waals surface area contributed by atoms with Gasteiger partial charge in [-0.1, -0.05) is 12.1 Å². The molecule has 0 saturated carbocycles. The summed E-state index contributed by atoms with van der Waals surface area (Å²) >= 11 is 0. The van der Waals surface area contributed by atoms with Crippen molar-refractivity contribution < 1.29 is 13.2 Å². The Morgan fingerprint density at radius 2 is 1.89 bits per heavy atom. The van der Waals surface area contributed by atoms with E-state index in [0.29, 0.717) is 13.1 Å². The van der Waals surface area contributed by atoms with Gasteiger partial charge in [-0.25, -0.2) is 13.1 Å². The van der Waals surface area contributed by atoms with E-state index in [4.69, 9.17) is 4.74 Å². The highest BCUT2D eigenvalue weighted by Crippen LogP contribution is 2.28. The number of piperazine rings is 1. The molecule has 2 N–H and O–H groups in total. The minimum Gasteiger partial charge on any atom is -0.495 e. The second kappa shape index (κ2) is 10.4. The summed E-state index contributed by atoms with van der Waals surface area (Å²) in [6.45, 7) is 8.56. The van der Waals surface area contributed by atoms with Crippen molar-refractivity contribution in [1.82, 2.24) is 14.9 Å². The number of methoxy groups -OCH3 is 1. The lowest BCUT2D eigenvalue weighted by atomic mass is 10.2. The maximum atomic E-state index is 11.5. The number of aliphatic imine (C=N–C) groups is 1. The van der Waals surface area contributed by atoms with Gasteiger partial charge < -0.3 is 19.9 Å². The number of para-hydroxylation sites is 2. The zero-order valence-corrected chi connectivity index (χ0v) is 17.3. The topological polar surface area (TPSA) is 86.3 Å². The third kappa shape index (κ3) is 6.28. The van der Waals surface area contributed by atoms with Gasteiger partial charge in [0, 0.05) is 39.3 Å². The predicted octanol–water partition coefficient (Wildman–Crippen LogP) is 0.722. The number of hydrogen-bond acceptors (Lipinski definition) is 5. The number of rotatable bonds is 8. The number of sulfonamides is 1. The Bertz CT molecular complexity index is 715. The molecule has 1 heterocycles. The summed E-state index contributed by atoms with van der Waals surface area (Å²) in [6, 6.07) is 8.05. The second-order valence-corrected chi connectivity index (χ2v) is 8.27. The van der Waals surface area contributed by atoms with E-state index in [0.717, 1.165) is 50.1 Å². The molecule has 1 aliphatic rings. The van der Waals surface area contributed by atoms with Gasteiger partial charge in [-0.15, -0.1) is 0 Å². The summed E-state index contributed by atoms with van der Waals surface area (Å²) < 4.78 is 31.0.